The van der Waals surface area contributed by atoms with E-state index in [-0.39, 0.29) is 5.75 Å². The number of esters is 1. The lowest BCUT2D eigenvalue weighted by molar-refractivity contribution is -0.150. The summed E-state index contributed by atoms with van der Waals surface area (Å²) in [4.78, 5) is 37.3. The van der Waals surface area contributed by atoms with Gasteiger partial charge in [-0.15, -0.1) is 0 Å². The van der Waals surface area contributed by atoms with E-state index < -0.39 is 74.7 Å². The lowest BCUT2D eigenvalue weighted by atomic mass is 9.97. The molecule has 43 heavy (non-hydrogen) atoms. The fourth-order valence-electron chi connectivity index (χ4n) is 4.58. The van der Waals surface area contributed by atoms with Gasteiger partial charge in [-0.2, -0.15) is 5.09 Å². The summed E-state index contributed by atoms with van der Waals surface area (Å²) in [5.74, 6) is -1.71. The first-order valence-electron chi connectivity index (χ1n) is 13.8. The quantitative estimate of drug-likeness (QED) is 0.214. The number of hydrogen-bond acceptors (Lipinski definition) is 9. The van der Waals surface area contributed by atoms with Gasteiger partial charge in [0.05, 0.1) is 19.1 Å². The average Bonchev–Trinajstić information content (AvgIpc) is 3.16. The molecule has 2 aromatic carbocycles. The van der Waals surface area contributed by atoms with E-state index in [1.165, 1.54) is 6.92 Å². The summed E-state index contributed by atoms with van der Waals surface area (Å²) < 4.78 is 51.8. The number of aryl methyl sites for hydroxylation is 1. The maximum absolute atomic E-state index is 15.7. The first-order chi connectivity index (χ1) is 20.2. The number of rotatable bonds is 11. The molecule has 2 aliphatic heterocycles. The highest BCUT2D eigenvalue weighted by atomic mass is 31.2. The van der Waals surface area contributed by atoms with Gasteiger partial charge in [0.2, 0.25) is 5.91 Å². The van der Waals surface area contributed by atoms with E-state index in [1.54, 1.807) is 38.1 Å². The predicted octanol–water partition coefficient (Wildman–Crippen LogP) is 4.22. The summed E-state index contributed by atoms with van der Waals surface area (Å²) in [7, 11) is -4.38. The second-order valence-corrected chi connectivity index (χ2v) is 12.7. The summed E-state index contributed by atoms with van der Waals surface area (Å²) in [5, 5.41) is 13.3. The van der Waals surface area contributed by atoms with Crippen molar-refractivity contribution in [3.05, 3.63) is 66.4 Å². The van der Waals surface area contributed by atoms with Crippen molar-refractivity contribution in [1.82, 2.24) is 9.99 Å². The largest absolute Gasteiger partial charge is 0.462 e. The van der Waals surface area contributed by atoms with Gasteiger partial charge in [-0.1, -0.05) is 42.0 Å². The maximum atomic E-state index is 15.7. The number of carbonyl (C=O) groups is 3. The van der Waals surface area contributed by atoms with Gasteiger partial charge in [-0.3, -0.25) is 23.8 Å². The lowest BCUT2D eigenvalue weighted by Crippen LogP contribution is -2.51. The van der Waals surface area contributed by atoms with Gasteiger partial charge in [0.25, 0.3) is 0 Å². The maximum Gasteiger partial charge on any atom is 0.459 e. The van der Waals surface area contributed by atoms with Crippen molar-refractivity contribution in [2.24, 2.45) is 0 Å². The molecule has 0 aromatic heterocycles. The molecule has 1 saturated heterocycles. The van der Waals surface area contributed by atoms with E-state index in [2.05, 4.69) is 5.09 Å². The van der Waals surface area contributed by atoms with Gasteiger partial charge in [0, 0.05) is 6.20 Å². The predicted molar refractivity (Wildman–Crippen MR) is 154 cm³/mol. The number of hydrogen-bond donors (Lipinski definition) is 2. The zero-order chi connectivity index (χ0) is 31.5. The molecule has 0 saturated carbocycles. The molecule has 13 heteroatoms. The first-order valence-corrected chi connectivity index (χ1v) is 15.4. The van der Waals surface area contributed by atoms with Crippen LogP contribution in [0.3, 0.4) is 0 Å². The molecule has 2 heterocycles. The SMILES string of the molecule is Cc1ccc(-c2ccc(OP(=O)(N[C@@H](C)C(=O)OC(C)C)OC[C@H]3O[C@@H](N4C=CC(=O)CC4=O)[C@](C)(F)[C@@H]3O)cc2)cc1. The third kappa shape index (κ3) is 7.76. The third-order valence-electron chi connectivity index (χ3n) is 6.93. The topological polar surface area (TPSA) is 141 Å². The molecule has 4 rings (SSSR count). The Morgan fingerprint density at radius 1 is 1.14 bits per heavy atom. The number of alkyl halides is 1. The number of carbonyl (C=O) groups excluding carboxylic acids is 3. The van der Waals surface area contributed by atoms with Crippen LogP contribution in [0, 0.1) is 6.92 Å². The van der Waals surface area contributed by atoms with E-state index >= 15 is 4.39 Å². The molecule has 1 fully saturated rings. The van der Waals surface area contributed by atoms with Crippen molar-refractivity contribution in [2.45, 2.75) is 77.3 Å². The fourth-order valence-corrected chi connectivity index (χ4v) is 6.09. The molecular weight excluding hydrogens is 582 g/mol. The van der Waals surface area contributed by atoms with Crippen molar-refractivity contribution in [3.63, 3.8) is 0 Å². The van der Waals surface area contributed by atoms with Crippen LogP contribution >= 0.6 is 7.75 Å². The highest BCUT2D eigenvalue weighted by Crippen LogP contribution is 2.47. The van der Waals surface area contributed by atoms with E-state index in [1.807, 2.05) is 31.2 Å². The Kier molecular flexibility index (Phi) is 9.88. The second-order valence-electron chi connectivity index (χ2n) is 11.0. The van der Waals surface area contributed by atoms with Crippen LogP contribution < -0.4 is 9.61 Å². The number of amides is 1. The normalized spacial score (nSPS) is 26.0. The minimum atomic E-state index is -4.38. The van der Waals surface area contributed by atoms with Gasteiger partial charge < -0.3 is 19.1 Å². The van der Waals surface area contributed by atoms with Crippen LogP contribution in [0.5, 0.6) is 5.75 Å². The summed E-state index contributed by atoms with van der Waals surface area (Å²) in [6, 6.07) is 13.4. The van der Waals surface area contributed by atoms with Gasteiger partial charge in [0.1, 0.15) is 24.0 Å². The molecular formula is C30H36FN2O9P. The average molecular weight is 619 g/mol. The fraction of sp³-hybridized carbons (Fsp3) is 0.433. The van der Waals surface area contributed by atoms with Gasteiger partial charge >= 0.3 is 13.7 Å². The van der Waals surface area contributed by atoms with Crippen molar-refractivity contribution < 1.29 is 47.0 Å². The Labute approximate surface area is 249 Å². The number of ether oxygens (including phenoxy) is 2. The molecule has 1 amide bonds. The van der Waals surface area contributed by atoms with Crippen LogP contribution in [-0.2, 0) is 32.9 Å². The first kappa shape index (κ1) is 32.5. The molecule has 0 bridgehead atoms. The molecule has 2 N–H and O–H groups in total. The molecule has 0 aliphatic carbocycles. The number of nitrogens with one attached hydrogen (secondary N) is 1. The molecule has 11 nitrogen and oxygen atoms in total. The van der Waals surface area contributed by atoms with E-state index in [0.717, 1.165) is 40.8 Å². The van der Waals surface area contributed by atoms with Crippen LogP contribution in [0.25, 0.3) is 11.1 Å². The van der Waals surface area contributed by atoms with Crippen molar-refractivity contribution in [3.8, 4) is 16.9 Å². The number of halogens is 1. The highest BCUT2D eigenvalue weighted by Gasteiger charge is 2.57. The number of nitrogens with zero attached hydrogens (tertiary/aromatic N) is 1. The highest BCUT2D eigenvalue weighted by molar-refractivity contribution is 7.52. The van der Waals surface area contributed by atoms with Crippen LogP contribution in [-0.4, -0.2) is 70.5 Å². The summed E-state index contributed by atoms with van der Waals surface area (Å²) in [6.45, 7) is 7.13. The van der Waals surface area contributed by atoms with Crippen LogP contribution in [0.15, 0.2) is 60.8 Å². The Morgan fingerprint density at radius 2 is 1.74 bits per heavy atom. The van der Waals surface area contributed by atoms with E-state index in [4.69, 9.17) is 18.5 Å². The van der Waals surface area contributed by atoms with E-state index in [9.17, 15) is 24.1 Å². The third-order valence-corrected chi connectivity index (χ3v) is 8.58. The zero-order valence-corrected chi connectivity index (χ0v) is 25.5. The summed E-state index contributed by atoms with van der Waals surface area (Å²) in [5.41, 5.74) is 0.487. The molecule has 1 unspecified atom stereocenters. The standard InChI is InChI=1S/C30H36FN2O9P/c1-18(2)40-28(37)20(4)32-43(38,42-24-12-10-22(11-13-24)21-8-6-19(3)7-9-21)39-17-25-27(36)30(5,31)29(41-25)33-15-14-23(34)16-26(33)35/h6-15,18,20,25,27,29,36H,16-17H2,1-5H3,(H,32,38)/t20-,25+,27+,29+,30+,43?/m0/s1. The molecule has 0 spiro atoms. The Morgan fingerprint density at radius 3 is 2.33 bits per heavy atom. The second kappa shape index (κ2) is 13.1. The van der Waals surface area contributed by atoms with Crippen molar-refractivity contribution in [2.75, 3.05) is 6.61 Å². The van der Waals surface area contributed by atoms with Crippen LogP contribution in [0.4, 0.5) is 4.39 Å². The van der Waals surface area contributed by atoms with Gasteiger partial charge in [0.15, 0.2) is 17.7 Å². The molecule has 0 radical (unpaired) electrons. The van der Waals surface area contributed by atoms with Crippen molar-refractivity contribution in [1.29, 1.82) is 0 Å². The number of aliphatic hydroxyl groups is 1. The van der Waals surface area contributed by atoms with Gasteiger partial charge in [-0.25, -0.2) is 8.96 Å². The van der Waals surface area contributed by atoms with Crippen LogP contribution in [0.1, 0.15) is 39.7 Å². The number of benzene rings is 2. The Hall–Kier alpha value is -3.41. The molecule has 2 aliphatic rings. The van der Waals surface area contributed by atoms with E-state index in [0.29, 0.717) is 0 Å². The van der Waals surface area contributed by atoms with Crippen LogP contribution in [0.2, 0.25) is 0 Å². The zero-order valence-electron chi connectivity index (χ0n) is 24.6. The van der Waals surface area contributed by atoms with Gasteiger partial charge in [-0.05, 0) is 64.0 Å². The smallest absolute Gasteiger partial charge is 0.459 e. The Balaban J connectivity index is 1.52. The summed E-state index contributed by atoms with van der Waals surface area (Å²) >= 11 is 0. The number of allylic oxidation sites excluding steroid dienone is 1. The molecule has 2 aromatic rings. The molecule has 6 atom stereocenters. The summed E-state index contributed by atoms with van der Waals surface area (Å²) in [6.07, 6.45) is -3.45. The number of ketones is 1. The molecule has 232 valence electrons. The minimum absolute atomic E-state index is 0.144. The number of aliphatic hydroxyl groups excluding tert-OH is 1. The minimum Gasteiger partial charge on any atom is -0.462 e. The lowest BCUT2D eigenvalue weighted by Gasteiger charge is -2.32. The van der Waals surface area contributed by atoms with Crippen molar-refractivity contribution >= 4 is 25.4 Å². The Bertz CT molecular complexity index is 1410. The monoisotopic (exact) mass is 618 g/mol.